The smallest absolute Gasteiger partial charge is 0.341 e. The Morgan fingerprint density at radius 3 is 2.40 bits per heavy atom. The number of hydrogen-bond donors (Lipinski definition) is 0. The van der Waals surface area contributed by atoms with Gasteiger partial charge in [-0.3, -0.25) is 0 Å². The minimum absolute atomic E-state index is 0.385. The summed E-state index contributed by atoms with van der Waals surface area (Å²) >= 11 is 0. The maximum atomic E-state index is 11.7. The Balaban J connectivity index is 2.35. The van der Waals surface area contributed by atoms with Gasteiger partial charge in [0.15, 0.2) is 0 Å². The van der Waals surface area contributed by atoms with E-state index in [2.05, 4.69) is 0 Å². The molecule has 0 saturated carbocycles. The standard InChI is InChI=1S/C16H16O4/c1-11-8-12(18-2)10-13(9-11)20-15-7-5-4-6-14(15)16(17)19-3/h4-10H,1-3H3. The first-order chi connectivity index (χ1) is 9.63. The van der Waals surface area contributed by atoms with Crippen LogP contribution in [-0.2, 0) is 4.74 Å². The molecule has 0 aliphatic rings. The Labute approximate surface area is 117 Å². The Morgan fingerprint density at radius 2 is 1.70 bits per heavy atom. The number of carbonyl (C=O) groups is 1. The van der Waals surface area contributed by atoms with Crippen LogP contribution in [0.25, 0.3) is 0 Å². The average molecular weight is 272 g/mol. The number of methoxy groups -OCH3 is 2. The first kappa shape index (κ1) is 13.9. The molecule has 0 heterocycles. The molecule has 0 amide bonds. The fourth-order valence-electron chi connectivity index (χ4n) is 1.85. The van der Waals surface area contributed by atoms with Crippen LogP contribution in [0.1, 0.15) is 15.9 Å². The fourth-order valence-corrected chi connectivity index (χ4v) is 1.85. The molecular formula is C16H16O4. The SMILES string of the molecule is COC(=O)c1ccccc1Oc1cc(C)cc(OC)c1. The first-order valence-corrected chi connectivity index (χ1v) is 6.15. The van der Waals surface area contributed by atoms with E-state index in [0.717, 1.165) is 5.56 Å². The molecule has 2 aromatic carbocycles. The van der Waals surface area contributed by atoms with E-state index in [1.807, 2.05) is 19.1 Å². The first-order valence-electron chi connectivity index (χ1n) is 6.15. The van der Waals surface area contributed by atoms with Crippen LogP contribution in [0, 0.1) is 6.92 Å². The lowest BCUT2D eigenvalue weighted by molar-refractivity contribution is 0.0598. The Morgan fingerprint density at radius 1 is 1.00 bits per heavy atom. The van der Waals surface area contributed by atoms with Crippen LogP contribution < -0.4 is 9.47 Å². The second kappa shape index (κ2) is 6.10. The van der Waals surface area contributed by atoms with E-state index in [1.54, 1.807) is 37.4 Å². The third kappa shape index (κ3) is 3.09. The van der Waals surface area contributed by atoms with E-state index in [9.17, 15) is 4.79 Å². The van der Waals surface area contributed by atoms with Gasteiger partial charge in [0.1, 0.15) is 22.8 Å². The summed E-state index contributed by atoms with van der Waals surface area (Å²) in [4.78, 5) is 11.7. The van der Waals surface area contributed by atoms with Gasteiger partial charge in [-0.1, -0.05) is 12.1 Å². The predicted molar refractivity (Wildman–Crippen MR) is 75.6 cm³/mol. The number of carbonyl (C=O) groups excluding carboxylic acids is 1. The molecular weight excluding hydrogens is 256 g/mol. The highest BCUT2D eigenvalue weighted by Crippen LogP contribution is 2.29. The topological polar surface area (TPSA) is 44.8 Å². The summed E-state index contributed by atoms with van der Waals surface area (Å²) in [5.41, 5.74) is 1.39. The van der Waals surface area contributed by atoms with Crippen LogP contribution in [-0.4, -0.2) is 20.2 Å². The minimum Gasteiger partial charge on any atom is -0.497 e. The quantitative estimate of drug-likeness (QED) is 0.798. The second-order valence-electron chi connectivity index (χ2n) is 4.28. The highest BCUT2D eigenvalue weighted by Gasteiger charge is 2.13. The largest absolute Gasteiger partial charge is 0.497 e. The number of ether oxygens (including phenoxy) is 3. The lowest BCUT2D eigenvalue weighted by Crippen LogP contribution is -2.03. The molecule has 0 radical (unpaired) electrons. The Hall–Kier alpha value is -2.49. The molecule has 2 aromatic rings. The number of aryl methyl sites for hydroxylation is 1. The van der Waals surface area contributed by atoms with Gasteiger partial charge in [0, 0.05) is 6.07 Å². The van der Waals surface area contributed by atoms with Crippen molar-refractivity contribution < 1.29 is 19.0 Å². The molecule has 0 bridgehead atoms. The van der Waals surface area contributed by atoms with Crippen molar-refractivity contribution in [3.05, 3.63) is 53.6 Å². The van der Waals surface area contributed by atoms with Crippen molar-refractivity contribution >= 4 is 5.97 Å². The van der Waals surface area contributed by atoms with Crippen LogP contribution >= 0.6 is 0 Å². The molecule has 2 rings (SSSR count). The lowest BCUT2D eigenvalue weighted by atomic mass is 10.2. The number of esters is 1. The van der Waals surface area contributed by atoms with Crippen molar-refractivity contribution in [2.75, 3.05) is 14.2 Å². The van der Waals surface area contributed by atoms with Crippen molar-refractivity contribution in [1.29, 1.82) is 0 Å². The van der Waals surface area contributed by atoms with Gasteiger partial charge < -0.3 is 14.2 Å². The van der Waals surface area contributed by atoms with E-state index in [4.69, 9.17) is 14.2 Å². The van der Waals surface area contributed by atoms with E-state index in [1.165, 1.54) is 7.11 Å². The number of benzene rings is 2. The summed E-state index contributed by atoms with van der Waals surface area (Å²) < 4.78 is 15.7. The number of hydrogen-bond acceptors (Lipinski definition) is 4. The summed E-state index contributed by atoms with van der Waals surface area (Å²) in [5.74, 6) is 1.33. The highest BCUT2D eigenvalue weighted by molar-refractivity contribution is 5.92. The Kier molecular flexibility index (Phi) is 4.25. The van der Waals surface area contributed by atoms with Crippen LogP contribution in [0.5, 0.6) is 17.2 Å². The maximum Gasteiger partial charge on any atom is 0.341 e. The molecule has 0 aliphatic heterocycles. The molecule has 0 N–H and O–H groups in total. The van der Waals surface area contributed by atoms with Gasteiger partial charge in [-0.05, 0) is 36.8 Å². The van der Waals surface area contributed by atoms with Crippen LogP contribution in [0.2, 0.25) is 0 Å². The van der Waals surface area contributed by atoms with Crippen molar-refractivity contribution in [2.24, 2.45) is 0 Å². The summed E-state index contributed by atoms with van der Waals surface area (Å²) in [6, 6.07) is 12.5. The van der Waals surface area contributed by atoms with Crippen LogP contribution in [0.4, 0.5) is 0 Å². The highest BCUT2D eigenvalue weighted by atomic mass is 16.5. The monoisotopic (exact) mass is 272 g/mol. The maximum absolute atomic E-state index is 11.7. The summed E-state index contributed by atoms with van der Waals surface area (Å²) in [5, 5.41) is 0. The van der Waals surface area contributed by atoms with Crippen molar-refractivity contribution in [3.63, 3.8) is 0 Å². The molecule has 20 heavy (non-hydrogen) atoms. The van der Waals surface area contributed by atoms with E-state index in [-0.39, 0.29) is 0 Å². The van der Waals surface area contributed by atoms with Crippen molar-refractivity contribution in [1.82, 2.24) is 0 Å². The molecule has 4 heteroatoms. The molecule has 0 spiro atoms. The zero-order chi connectivity index (χ0) is 14.5. The van der Waals surface area contributed by atoms with Gasteiger partial charge in [0.2, 0.25) is 0 Å². The number of rotatable bonds is 4. The van der Waals surface area contributed by atoms with Crippen LogP contribution in [0.3, 0.4) is 0 Å². The zero-order valence-corrected chi connectivity index (χ0v) is 11.7. The van der Waals surface area contributed by atoms with Gasteiger partial charge in [-0.15, -0.1) is 0 Å². The van der Waals surface area contributed by atoms with Gasteiger partial charge >= 0.3 is 5.97 Å². The van der Waals surface area contributed by atoms with Gasteiger partial charge in [0.25, 0.3) is 0 Å². The molecule has 0 aliphatic carbocycles. The lowest BCUT2D eigenvalue weighted by Gasteiger charge is -2.11. The average Bonchev–Trinajstić information content (AvgIpc) is 2.46. The minimum atomic E-state index is -0.430. The molecule has 4 nitrogen and oxygen atoms in total. The van der Waals surface area contributed by atoms with Gasteiger partial charge in [-0.2, -0.15) is 0 Å². The summed E-state index contributed by atoms with van der Waals surface area (Å²) in [6.07, 6.45) is 0. The molecule has 0 atom stereocenters. The van der Waals surface area contributed by atoms with E-state index < -0.39 is 5.97 Å². The predicted octanol–water partition coefficient (Wildman–Crippen LogP) is 3.58. The third-order valence-corrected chi connectivity index (χ3v) is 2.78. The van der Waals surface area contributed by atoms with Gasteiger partial charge in [-0.25, -0.2) is 4.79 Å². The summed E-state index contributed by atoms with van der Waals surface area (Å²) in [6.45, 7) is 1.95. The van der Waals surface area contributed by atoms with E-state index >= 15 is 0 Å². The number of para-hydroxylation sites is 1. The molecule has 0 fully saturated rings. The Bertz CT molecular complexity index is 620. The van der Waals surface area contributed by atoms with Crippen LogP contribution in [0.15, 0.2) is 42.5 Å². The van der Waals surface area contributed by atoms with Gasteiger partial charge in [0.05, 0.1) is 14.2 Å². The van der Waals surface area contributed by atoms with E-state index in [0.29, 0.717) is 22.8 Å². The summed E-state index contributed by atoms with van der Waals surface area (Å²) in [7, 11) is 2.94. The third-order valence-electron chi connectivity index (χ3n) is 2.78. The van der Waals surface area contributed by atoms with Crippen molar-refractivity contribution in [2.45, 2.75) is 6.92 Å². The molecule has 104 valence electrons. The molecule has 0 unspecified atom stereocenters. The fraction of sp³-hybridized carbons (Fsp3) is 0.188. The normalized spacial score (nSPS) is 9.95. The molecule has 0 saturated heterocycles. The second-order valence-corrected chi connectivity index (χ2v) is 4.28. The zero-order valence-electron chi connectivity index (χ0n) is 11.7. The van der Waals surface area contributed by atoms with Crippen molar-refractivity contribution in [3.8, 4) is 17.2 Å². The molecule has 0 aromatic heterocycles.